The van der Waals surface area contributed by atoms with E-state index in [4.69, 9.17) is 0 Å². The van der Waals surface area contributed by atoms with Crippen LogP contribution < -0.4 is 5.32 Å². The Morgan fingerprint density at radius 2 is 1.80 bits per heavy atom. The molecule has 0 amide bonds. The second-order valence-corrected chi connectivity index (χ2v) is 4.45. The van der Waals surface area contributed by atoms with Gasteiger partial charge in [0, 0.05) is 12.1 Å². The van der Waals surface area contributed by atoms with Gasteiger partial charge in [-0.15, -0.1) is 0 Å². The summed E-state index contributed by atoms with van der Waals surface area (Å²) in [5, 5.41) is 3.44. The Kier molecular flexibility index (Phi) is 4.28. The van der Waals surface area contributed by atoms with Crippen LogP contribution in [0.4, 0.5) is 4.39 Å². The third-order valence-electron chi connectivity index (χ3n) is 2.72. The molecule has 1 aromatic rings. The molecule has 1 nitrogen and oxygen atoms in total. The summed E-state index contributed by atoms with van der Waals surface area (Å²) in [6.07, 6.45) is 0. The molecule has 0 aliphatic carbocycles. The maximum absolute atomic E-state index is 13.0. The summed E-state index contributed by atoms with van der Waals surface area (Å²) < 4.78 is 13.0. The van der Waals surface area contributed by atoms with Gasteiger partial charge in [0.25, 0.3) is 0 Å². The van der Waals surface area contributed by atoms with Crippen LogP contribution in [0.5, 0.6) is 0 Å². The lowest BCUT2D eigenvalue weighted by Crippen LogP contribution is -2.36. The Bertz CT molecular complexity index is 309. The second kappa shape index (κ2) is 5.26. The lowest BCUT2D eigenvalue weighted by molar-refractivity contribution is 0.438. The molecule has 0 radical (unpaired) electrons. The van der Waals surface area contributed by atoms with E-state index < -0.39 is 0 Å². The van der Waals surface area contributed by atoms with Gasteiger partial charge in [0.05, 0.1) is 0 Å². The number of hydrogen-bond acceptors (Lipinski definition) is 1. The van der Waals surface area contributed by atoms with Crippen LogP contribution >= 0.6 is 0 Å². The molecule has 1 rings (SSSR count). The van der Waals surface area contributed by atoms with Crippen molar-refractivity contribution in [3.8, 4) is 0 Å². The largest absolute Gasteiger partial charge is 0.311 e. The molecule has 2 heteroatoms. The van der Waals surface area contributed by atoms with Gasteiger partial charge in [-0.05, 0) is 30.5 Å². The summed E-state index contributed by atoms with van der Waals surface area (Å²) in [7, 11) is 0. The quantitative estimate of drug-likeness (QED) is 0.802. The molecule has 15 heavy (non-hydrogen) atoms. The maximum Gasteiger partial charge on any atom is 0.123 e. The van der Waals surface area contributed by atoms with Gasteiger partial charge in [0.15, 0.2) is 0 Å². The molecule has 0 saturated carbocycles. The highest BCUT2D eigenvalue weighted by molar-refractivity contribution is 5.21. The molecule has 1 aromatic carbocycles. The van der Waals surface area contributed by atoms with Crippen molar-refractivity contribution in [3.05, 3.63) is 35.6 Å². The Balaban J connectivity index is 2.71. The van der Waals surface area contributed by atoms with Crippen molar-refractivity contribution in [3.63, 3.8) is 0 Å². The van der Waals surface area contributed by atoms with E-state index in [9.17, 15) is 4.39 Å². The molecule has 0 aromatic heterocycles. The first-order valence-electron chi connectivity index (χ1n) is 5.52. The monoisotopic (exact) mass is 209 g/mol. The summed E-state index contributed by atoms with van der Waals surface area (Å²) in [6, 6.07) is 7.65. The first-order valence-corrected chi connectivity index (χ1v) is 5.52. The van der Waals surface area contributed by atoms with Gasteiger partial charge in [-0.3, -0.25) is 0 Å². The number of halogens is 1. The predicted molar refractivity (Wildman–Crippen MR) is 62.5 cm³/mol. The normalized spacial score (nSPS) is 15.3. The third kappa shape index (κ3) is 3.63. The molecule has 0 spiro atoms. The van der Waals surface area contributed by atoms with Crippen LogP contribution in [0.15, 0.2) is 24.3 Å². The Labute approximate surface area is 91.7 Å². The fourth-order valence-electron chi connectivity index (χ4n) is 1.75. The molecule has 0 bridgehead atoms. The number of benzene rings is 1. The van der Waals surface area contributed by atoms with Crippen LogP contribution in [0.3, 0.4) is 0 Å². The number of rotatable bonds is 4. The summed E-state index contributed by atoms with van der Waals surface area (Å²) >= 11 is 0. The van der Waals surface area contributed by atoms with E-state index in [1.165, 1.54) is 6.07 Å². The van der Waals surface area contributed by atoms with Gasteiger partial charge < -0.3 is 5.32 Å². The standard InChI is InChI=1S/C13H20FN/c1-9(2)15-11(4)10(3)12-6-5-7-13(14)8-12/h5-11,15H,1-4H3. The SMILES string of the molecule is CC(C)NC(C)C(C)c1cccc(F)c1. The van der Waals surface area contributed by atoms with Crippen LogP contribution in [0, 0.1) is 5.82 Å². The van der Waals surface area contributed by atoms with Crippen LogP contribution in [-0.2, 0) is 0 Å². The second-order valence-electron chi connectivity index (χ2n) is 4.45. The van der Waals surface area contributed by atoms with Gasteiger partial charge in [-0.2, -0.15) is 0 Å². The Morgan fingerprint density at radius 1 is 1.13 bits per heavy atom. The lowest BCUT2D eigenvalue weighted by Gasteiger charge is -2.24. The van der Waals surface area contributed by atoms with Crippen molar-refractivity contribution in [1.29, 1.82) is 0 Å². The van der Waals surface area contributed by atoms with Crippen LogP contribution in [0.1, 0.15) is 39.2 Å². The van der Waals surface area contributed by atoms with Gasteiger partial charge in [0.1, 0.15) is 5.82 Å². The molecule has 0 heterocycles. The molecule has 84 valence electrons. The van der Waals surface area contributed by atoms with E-state index in [2.05, 4.69) is 33.0 Å². The summed E-state index contributed by atoms with van der Waals surface area (Å²) in [5.41, 5.74) is 1.05. The van der Waals surface area contributed by atoms with E-state index in [1.54, 1.807) is 12.1 Å². The molecule has 2 unspecified atom stereocenters. The van der Waals surface area contributed by atoms with E-state index >= 15 is 0 Å². The van der Waals surface area contributed by atoms with E-state index in [0.29, 0.717) is 18.0 Å². The molecule has 1 N–H and O–H groups in total. The van der Waals surface area contributed by atoms with Crippen molar-refractivity contribution in [2.24, 2.45) is 0 Å². The predicted octanol–water partition coefficient (Wildman–Crippen LogP) is 3.32. The minimum atomic E-state index is -0.156. The lowest BCUT2D eigenvalue weighted by atomic mass is 9.94. The summed E-state index contributed by atoms with van der Waals surface area (Å²) in [6.45, 7) is 8.49. The average Bonchev–Trinajstić information content (AvgIpc) is 2.15. The number of hydrogen-bond donors (Lipinski definition) is 1. The van der Waals surface area contributed by atoms with E-state index in [0.717, 1.165) is 5.56 Å². The van der Waals surface area contributed by atoms with Crippen LogP contribution in [-0.4, -0.2) is 12.1 Å². The minimum absolute atomic E-state index is 0.156. The summed E-state index contributed by atoms with van der Waals surface area (Å²) in [4.78, 5) is 0. The average molecular weight is 209 g/mol. The molecular formula is C13H20FN. The van der Waals surface area contributed by atoms with Crippen LogP contribution in [0.25, 0.3) is 0 Å². The minimum Gasteiger partial charge on any atom is -0.311 e. The smallest absolute Gasteiger partial charge is 0.123 e. The topological polar surface area (TPSA) is 12.0 Å². The van der Waals surface area contributed by atoms with Gasteiger partial charge in [-0.25, -0.2) is 4.39 Å². The first kappa shape index (κ1) is 12.2. The van der Waals surface area contributed by atoms with Crippen molar-refractivity contribution < 1.29 is 4.39 Å². The first-order chi connectivity index (χ1) is 7.00. The molecule has 0 aliphatic heterocycles. The molecule has 0 aliphatic rings. The highest BCUT2D eigenvalue weighted by Crippen LogP contribution is 2.19. The summed E-state index contributed by atoms with van der Waals surface area (Å²) in [5.74, 6) is 0.166. The molecule has 2 atom stereocenters. The zero-order valence-corrected chi connectivity index (χ0v) is 9.92. The molecule has 0 saturated heterocycles. The molecule has 0 fully saturated rings. The third-order valence-corrected chi connectivity index (χ3v) is 2.72. The van der Waals surface area contributed by atoms with Crippen molar-refractivity contribution >= 4 is 0 Å². The highest BCUT2D eigenvalue weighted by Gasteiger charge is 2.14. The zero-order valence-electron chi connectivity index (χ0n) is 9.92. The van der Waals surface area contributed by atoms with Gasteiger partial charge in [-0.1, -0.05) is 32.9 Å². The number of nitrogens with one attached hydrogen (secondary N) is 1. The van der Waals surface area contributed by atoms with Gasteiger partial charge in [0.2, 0.25) is 0 Å². The fourth-order valence-corrected chi connectivity index (χ4v) is 1.75. The van der Waals surface area contributed by atoms with Crippen LogP contribution in [0.2, 0.25) is 0 Å². The Morgan fingerprint density at radius 3 is 2.33 bits per heavy atom. The highest BCUT2D eigenvalue weighted by atomic mass is 19.1. The fraction of sp³-hybridized carbons (Fsp3) is 0.538. The van der Waals surface area contributed by atoms with Crippen molar-refractivity contribution in [2.45, 2.75) is 45.7 Å². The van der Waals surface area contributed by atoms with E-state index in [-0.39, 0.29) is 5.82 Å². The Hall–Kier alpha value is -0.890. The van der Waals surface area contributed by atoms with Crippen molar-refractivity contribution in [1.82, 2.24) is 5.32 Å². The zero-order chi connectivity index (χ0) is 11.4. The van der Waals surface area contributed by atoms with Gasteiger partial charge >= 0.3 is 0 Å². The van der Waals surface area contributed by atoms with Crippen molar-refractivity contribution in [2.75, 3.05) is 0 Å². The van der Waals surface area contributed by atoms with E-state index in [1.807, 2.05) is 6.07 Å². The molecular weight excluding hydrogens is 189 g/mol. The maximum atomic E-state index is 13.0.